The highest BCUT2D eigenvalue weighted by molar-refractivity contribution is 5.91. The Balaban J connectivity index is 1.54. The van der Waals surface area contributed by atoms with Gasteiger partial charge in [0.1, 0.15) is 5.52 Å². The zero-order valence-corrected chi connectivity index (χ0v) is 21.8. The summed E-state index contributed by atoms with van der Waals surface area (Å²) in [5, 5.41) is 10.8. The van der Waals surface area contributed by atoms with Crippen LogP contribution in [0.1, 0.15) is 29.7 Å². The second-order valence-electron chi connectivity index (χ2n) is 9.68. The van der Waals surface area contributed by atoms with E-state index in [4.69, 9.17) is 9.40 Å². The van der Waals surface area contributed by atoms with Gasteiger partial charge in [0.25, 0.3) is 11.4 Å². The number of hydrogen-bond acceptors (Lipinski definition) is 7. The average Bonchev–Trinajstić information content (AvgIpc) is 3.39. The Labute approximate surface area is 224 Å². The standard InChI is InChI=1S/C30H27N5O4/c1-18(36)33(2)21-14-13-19-15-16-35(26(22(19)17-21)20-9-5-4-6-10-20)30-32-25(27(37)29(38)34(30)3)28-31-23-11-7-8-12-24(23)39-28/h4-14,17,26,37H,15-16H2,1-3H3. The Morgan fingerprint density at radius 1 is 1.05 bits per heavy atom. The predicted octanol–water partition coefficient (Wildman–Crippen LogP) is 4.43. The van der Waals surface area contributed by atoms with Crippen molar-refractivity contribution in [2.75, 3.05) is 23.4 Å². The molecule has 0 saturated heterocycles. The SMILES string of the molecule is CC(=O)N(C)c1ccc2c(c1)C(c1ccccc1)N(c1nc(-c3nc4ccccc4o3)c(O)c(=O)n1C)CC2. The smallest absolute Gasteiger partial charge is 0.297 e. The number of para-hydroxylation sites is 2. The van der Waals surface area contributed by atoms with E-state index in [1.807, 2.05) is 54.6 Å². The van der Waals surface area contributed by atoms with E-state index in [0.717, 1.165) is 22.4 Å². The number of hydrogen-bond donors (Lipinski definition) is 1. The van der Waals surface area contributed by atoms with Gasteiger partial charge in [0.05, 0.1) is 6.04 Å². The summed E-state index contributed by atoms with van der Waals surface area (Å²) in [6.07, 6.45) is 0.706. The Bertz CT molecular complexity index is 1740. The lowest BCUT2D eigenvalue weighted by molar-refractivity contribution is -0.116. The first-order valence-electron chi connectivity index (χ1n) is 12.7. The van der Waals surface area contributed by atoms with Crippen molar-refractivity contribution in [1.82, 2.24) is 14.5 Å². The summed E-state index contributed by atoms with van der Waals surface area (Å²) < 4.78 is 7.22. The summed E-state index contributed by atoms with van der Waals surface area (Å²) in [6.45, 7) is 2.11. The van der Waals surface area contributed by atoms with E-state index in [2.05, 4.69) is 16.0 Å². The molecule has 1 atom stereocenters. The third kappa shape index (κ3) is 4.12. The summed E-state index contributed by atoms with van der Waals surface area (Å²) in [7, 11) is 3.35. The van der Waals surface area contributed by atoms with Gasteiger partial charge in [-0.15, -0.1) is 0 Å². The molecule has 0 radical (unpaired) electrons. The molecular weight excluding hydrogens is 494 g/mol. The van der Waals surface area contributed by atoms with E-state index in [9.17, 15) is 14.7 Å². The number of aromatic nitrogens is 3. The molecule has 1 N–H and O–H groups in total. The van der Waals surface area contributed by atoms with Crippen molar-refractivity contribution >= 4 is 28.6 Å². The van der Waals surface area contributed by atoms with Crippen molar-refractivity contribution < 1.29 is 14.3 Å². The number of oxazole rings is 1. The first-order chi connectivity index (χ1) is 18.8. The highest BCUT2D eigenvalue weighted by atomic mass is 16.4. The molecule has 6 rings (SSSR count). The van der Waals surface area contributed by atoms with Crippen LogP contribution in [0.2, 0.25) is 0 Å². The Kier molecular flexibility index (Phi) is 5.91. The van der Waals surface area contributed by atoms with Crippen LogP contribution in [-0.2, 0) is 18.3 Å². The molecule has 196 valence electrons. The third-order valence-electron chi connectivity index (χ3n) is 7.33. The van der Waals surface area contributed by atoms with Crippen LogP contribution in [0.3, 0.4) is 0 Å². The van der Waals surface area contributed by atoms with Crippen molar-refractivity contribution in [2.45, 2.75) is 19.4 Å². The minimum atomic E-state index is -0.597. The number of benzene rings is 3. The monoisotopic (exact) mass is 521 g/mol. The number of nitrogens with zero attached hydrogens (tertiary/aromatic N) is 5. The van der Waals surface area contributed by atoms with E-state index >= 15 is 0 Å². The van der Waals surface area contributed by atoms with Gasteiger partial charge in [-0.3, -0.25) is 14.2 Å². The van der Waals surface area contributed by atoms with E-state index < -0.39 is 11.3 Å². The van der Waals surface area contributed by atoms with Crippen molar-refractivity contribution in [3.05, 3.63) is 99.8 Å². The van der Waals surface area contributed by atoms with Crippen LogP contribution in [0.5, 0.6) is 5.75 Å². The van der Waals surface area contributed by atoms with Crippen LogP contribution >= 0.6 is 0 Å². The molecule has 39 heavy (non-hydrogen) atoms. The maximum Gasteiger partial charge on any atom is 0.297 e. The van der Waals surface area contributed by atoms with Gasteiger partial charge >= 0.3 is 0 Å². The van der Waals surface area contributed by atoms with Gasteiger partial charge in [-0.1, -0.05) is 48.5 Å². The van der Waals surface area contributed by atoms with Gasteiger partial charge in [-0.05, 0) is 47.4 Å². The summed E-state index contributed by atoms with van der Waals surface area (Å²) in [5.41, 5.74) is 4.49. The van der Waals surface area contributed by atoms with Crippen LogP contribution in [0, 0.1) is 0 Å². The van der Waals surface area contributed by atoms with Crippen LogP contribution in [0.4, 0.5) is 11.6 Å². The maximum absolute atomic E-state index is 13.3. The van der Waals surface area contributed by atoms with Crippen LogP contribution in [0.25, 0.3) is 22.7 Å². The fourth-order valence-corrected chi connectivity index (χ4v) is 5.16. The average molecular weight is 522 g/mol. The lowest BCUT2D eigenvalue weighted by Gasteiger charge is -2.39. The Hall–Kier alpha value is -4.92. The van der Waals surface area contributed by atoms with E-state index in [1.54, 1.807) is 31.1 Å². The van der Waals surface area contributed by atoms with Gasteiger partial charge in [0, 0.05) is 33.3 Å². The lowest BCUT2D eigenvalue weighted by atomic mass is 9.88. The van der Waals surface area contributed by atoms with Crippen molar-refractivity contribution in [1.29, 1.82) is 0 Å². The number of aromatic hydroxyl groups is 1. The minimum Gasteiger partial charge on any atom is -0.501 e. The second-order valence-corrected chi connectivity index (χ2v) is 9.68. The van der Waals surface area contributed by atoms with Crippen LogP contribution in [0.15, 0.2) is 82.0 Å². The highest BCUT2D eigenvalue weighted by Crippen LogP contribution is 2.40. The minimum absolute atomic E-state index is 0.00743. The topological polar surface area (TPSA) is 105 Å². The summed E-state index contributed by atoms with van der Waals surface area (Å²) in [6, 6.07) is 23.0. The largest absolute Gasteiger partial charge is 0.501 e. The third-order valence-corrected chi connectivity index (χ3v) is 7.33. The van der Waals surface area contributed by atoms with E-state index in [0.29, 0.717) is 30.0 Å². The zero-order valence-electron chi connectivity index (χ0n) is 21.8. The van der Waals surface area contributed by atoms with Gasteiger partial charge in [-0.25, -0.2) is 9.97 Å². The molecule has 1 unspecified atom stereocenters. The molecule has 0 aliphatic carbocycles. The van der Waals surface area contributed by atoms with Crippen molar-refractivity contribution in [3.8, 4) is 17.3 Å². The second kappa shape index (κ2) is 9.43. The fourth-order valence-electron chi connectivity index (χ4n) is 5.16. The molecule has 3 heterocycles. The number of rotatable bonds is 4. The molecule has 0 fully saturated rings. The molecular formula is C30H27N5O4. The lowest BCUT2D eigenvalue weighted by Crippen LogP contribution is -2.40. The molecule has 0 saturated carbocycles. The molecule has 0 spiro atoms. The van der Waals surface area contributed by atoms with E-state index in [-0.39, 0.29) is 23.5 Å². The molecule has 9 nitrogen and oxygen atoms in total. The summed E-state index contributed by atoms with van der Waals surface area (Å²) in [5.74, 6) is -0.136. The highest BCUT2D eigenvalue weighted by Gasteiger charge is 2.33. The van der Waals surface area contributed by atoms with Crippen molar-refractivity contribution in [3.63, 3.8) is 0 Å². The number of fused-ring (bicyclic) bond motifs is 2. The predicted molar refractivity (Wildman–Crippen MR) is 149 cm³/mol. The normalized spacial score (nSPS) is 14.8. The first-order valence-corrected chi connectivity index (χ1v) is 12.7. The maximum atomic E-state index is 13.3. The quantitative estimate of drug-likeness (QED) is 0.373. The Morgan fingerprint density at radius 3 is 2.54 bits per heavy atom. The summed E-state index contributed by atoms with van der Waals surface area (Å²) in [4.78, 5) is 38.3. The van der Waals surface area contributed by atoms with E-state index in [1.165, 1.54) is 11.5 Å². The molecule has 9 heteroatoms. The van der Waals surface area contributed by atoms with Gasteiger partial charge < -0.3 is 19.3 Å². The van der Waals surface area contributed by atoms with Crippen molar-refractivity contribution in [2.24, 2.45) is 7.05 Å². The number of anilines is 2. The first kappa shape index (κ1) is 24.4. The Morgan fingerprint density at radius 2 is 1.79 bits per heavy atom. The number of carbonyl (C=O) groups excluding carboxylic acids is 1. The molecule has 3 aromatic carbocycles. The van der Waals surface area contributed by atoms with Crippen LogP contribution in [-0.4, -0.2) is 39.1 Å². The van der Waals surface area contributed by atoms with Crippen LogP contribution < -0.4 is 15.4 Å². The zero-order chi connectivity index (χ0) is 27.3. The number of amides is 1. The van der Waals surface area contributed by atoms with Gasteiger partial charge in [0.2, 0.25) is 17.6 Å². The molecule has 5 aromatic rings. The van der Waals surface area contributed by atoms with Gasteiger partial charge in [-0.2, -0.15) is 0 Å². The molecule has 1 aliphatic rings. The molecule has 1 amide bonds. The summed E-state index contributed by atoms with van der Waals surface area (Å²) >= 11 is 0. The molecule has 2 aromatic heterocycles. The number of carbonyl (C=O) groups is 1. The molecule has 0 bridgehead atoms. The van der Waals surface area contributed by atoms with Gasteiger partial charge in [0.15, 0.2) is 11.3 Å². The molecule has 1 aliphatic heterocycles. The fraction of sp³-hybridized carbons (Fsp3) is 0.200.